The summed E-state index contributed by atoms with van der Waals surface area (Å²) in [4.78, 5) is 25.2. The van der Waals surface area contributed by atoms with Gasteiger partial charge in [0.2, 0.25) is 5.91 Å². The first-order valence-corrected chi connectivity index (χ1v) is 6.39. The number of nitrogens with zero attached hydrogens (tertiary/aromatic N) is 1. The van der Waals surface area contributed by atoms with E-state index in [9.17, 15) is 14.7 Å². The number of carbonyl (C=O) groups is 2. The Morgan fingerprint density at radius 2 is 2.16 bits per heavy atom. The first kappa shape index (κ1) is 13.7. The first-order chi connectivity index (χ1) is 8.91. The molecule has 1 unspecified atom stereocenters. The summed E-state index contributed by atoms with van der Waals surface area (Å²) < 4.78 is 0. The van der Waals surface area contributed by atoms with Crippen LogP contribution in [0.2, 0.25) is 5.02 Å². The normalized spacial score (nSPS) is 18.6. The number of aryl methyl sites for hydroxylation is 1. The Morgan fingerprint density at radius 3 is 2.79 bits per heavy atom. The number of phenolic OH excluding ortho intramolecular Hbond substituents is 1. The summed E-state index contributed by atoms with van der Waals surface area (Å²) in [6, 6.07) is 2.30. The Labute approximate surface area is 116 Å². The molecule has 0 bridgehead atoms. The van der Waals surface area contributed by atoms with Gasteiger partial charge in [0, 0.05) is 12.1 Å². The molecule has 1 atom stereocenters. The topological polar surface area (TPSA) is 83.6 Å². The maximum atomic E-state index is 12.4. The number of amides is 2. The number of phenols is 1. The van der Waals surface area contributed by atoms with Gasteiger partial charge >= 0.3 is 0 Å². The third-order valence-electron chi connectivity index (χ3n) is 3.37. The molecule has 1 saturated heterocycles. The molecule has 1 aliphatic rings. The van der Waals surface area contributed by atoms with Crippen LogP contribution < -0.4 is 5.73 Å². The monoisotopic (exact) mass is 282 g/mol. The minimum Gasteiger partial charge on any atom is -0.506 e. The molecule has 1 fully saturated rings. The zero-order valence-corrected chi connectivity index (χ0v) is 11.3. The van der Waals surface area contributed by atoms with Crippen LogP contribution in [0.25, 0.3) is 0 Å². The number of rotatable bonds is 2. The highest BCUT2D eigenvalue weighted by Gasteiger charge is 2.33. The van der Waals surface area contributed by atoms with Crippen LogP contribution in [-0.2, 0) is 4.79 Å². The molecule has 0 aliphatic carbocycles. The number of hydrogen-bond donors (Lipinski definition) is 2. The van der Waals surface area contributed by atoms with Gasteiger partial charge in [-0.2, -0.15) is 0 Å². The molecular weight excluding hydrogens is 268 g/mol. The smallest absolute Gasteiger partial charge is 0.254 e. The predicted molar refractivity (Wildman–Crippen MR) is 71.1 cm³/mol. The fraction of sp³-hybridized carbons (Fsp3) is 0.385. The number of primary amides is 1. The van der Waals surface area contributed by atoms with Crippen molar-refractivity contribution in [2.45, 2.75) is 25.8 Å². The van der Waals surface area contributed by atoms with Crippen LogP contribution in [0.4, 0.5) is 0 Å². The minimum atomic E-state index is -0.556. The van der Waals surface area contributed by atoms with E-state index in [0.29, 0.717) is 24.1 Å². The summed E-state index contributed by atoms with van der Waals surface area (Å²) in [5.41, 5.74) is 6.30. The van der Waals surface area contributed by atoms with E-state index in [0.717, 1.165) is 6.42 Å². The Hall–Kier alpha value is -1.75. The maximum absolute atomic E-state index is 12.4. The highest BCUT2D eigenvalue weighted by atomic mass is 35.5. The second-order valence-corrected chi connectivity index (χ2v) is 5.08. The van der Waals surface area contributed by atoms with Crippen LogP contribution in [0.1, 0.15) is 28.8 Å². The van der Waals surface area contributed by atoms with Crippen LogP contribution in [0.5, 0.6) is 5.75 Å². The molecule has 1 aromatic rings. The molecule has 1 heterocycles. The number of likely N-dealkylation sites (tertiary alicyclic amines) is 1. The number of benzene rings is 1. The highest BCUT2D eigenvalue weighted by molar-refractivity contribution is 6.32. The molecule has 0 saturated carbocycles. The van der Waals surface area contributed by atoms with Crippen molar-refractivity contribution >= 4 is 23.4 Å². The van der Waals surface area contributed by atoms with Gasteiger partial charge in [-0.1, -0.05) is 11.6 Å². The summed E-state index contributed by atoms with van der Waals surface area (Å²) in [5, 5.41) is 9.60. The predicted octanol–water partition coefficient (Wildman–Crippen LogP) is 1.44. The van der Waals surface area contributed by atoms with E-state index in [-0.39, 0.29) is 16.7 Å². The number of aromatic hydroxyl groups is 1. The van der Waals surface area contributed by atoms with E-state index < -0.39 is 11.9 Å². The lowest BCUT2D eigenvalue weighted by atomic mass is 10.1. The third kappa shape index (κ3) is 2.51. The van der Waals surface area contributed by atoms with Crippen LogP contribution >= 0.6 is 11.6 Å². The zero-order valence-electron chi connectivity index (χ0n) is 10.5. The van der Waals surface area contributed by atoms with E-state index >= 15 is 0 Å². The summed E-state index contributed by atoms with van der Waals surface area (Å²) >= 11 is 5.82. The van der Waals surface area contributed by atoms with Crippen molar-refractivity contribution < 1.29 is 14.7 Å². The summed E-state index contributed by atoms with van der Waals surface area (Å²) in [6.07, 6.45) is 1.34. The maximum Gasteiger partial charge on any atom is 0.254 e. The Balaban J connectivity index is 2.34. The molecule has 1 aromatic carbocycles. The van der Waals surface area contributed by atoms with Crippen LogP contribution in [0.15, 0.2) is 12.1 Å². The first-order valence-electron chi connectivity index (χ1n) is 6.01. The lowest BCUT2D eigenvalue weighted by Gasteiger charge is -2.23. The highest BCUT2D eigenvalue weighted by Crippen LogP contribution is 2.29. The molecule has 0 spiro atoms. The van der Waals surface area contributed by atoms with Crippen molar-refractivity contribution in [2.24, 2.45) is 5.73 Å². The van der Waals surface area contributed by atoms with E-state index in [1.165, 1.54) is 17.0 Å². The quantitative estimate of drug-likeness (QED) is 0.861. The molecule has 6 heteroatoms. The second-order valence-electron chi connectivity index (χ2n) is 4.68. The second kappa shape index (κ2) is 5.09. The van der Waals surface area contributed by atoms with Gasteiger partial charge < -0.3 is 15.7 Å². The third-order valence-corrected chi connectivity index (χ3v) is 3.67. The van der Waals surface area contributed by atoms with Crippen LogP contribution in [0, 0.1) is 6.92 Å². The summed E-state index contributed by atoms with van der Waals surface area (Å²) in [6.45, 7) is 2.21. The molecule has 3 N–H and O–H groups in total. The van der Waals surface area contributed by atoms with Crippen molar-refractivity contribution in [3.05, 3.63) is 28.3 Å². The molecule has 0 radical (unpaired) electrons. The SMILES string of the molecule is Cc1cc(O)c(Cl)cc1C(=O)N1CCCC1C(N)=O. The van der Waals surface area contributed by atoms with E-state index in [1.54, 1.807) is 6.92 Å². The van der Waals surface area contributed by atoms with Crippen molar-refractivity contribution in [3.63, 3.8) is 0 Å². The molecule has 19 heavy (non-hydrogen) atoms. The summed E-state index contributed by atoms with van der Waals surface area (Å²) in [5.74, 6) is -0.835. The van der Waals surface area contributed by atoms with Crippen molar-refractivity contribution in [2.75, 3.05) is 6.54 Å². The van der Waals surface area contributed by atoms with Gasteiger partial charge in [0.25, 0.3) is 5.91 Å². The van der Waals surface area contributed by atoms with Crippen molar-refractivity contribution in [3.8, 4) is 5.75 Å². The van der Waals surface area contributed by atoms with Gasteiger partial charge in [-0.15, -0.1) is 0 Å². The Kier molecular flexibility index (Phi) is 3.66. The zero-order chi connectivity index (χ0) is 14.2. The average molecular weight is 283 g/mol. The lowest BCUT2D eigenvalue weighted by molar-refractivity contribution is -0.121. The van der Waals surface area contributed by atoms with Crippen molar-refractivity contribution in [1.82, 2.24) is 4.90 Å². The van der Waals surface area contributed by atoms with E-state index in [1.807, 2.05) is 0 Å². The summed E-state index contributed by atoms with van der Waals surface area (Å²) in [7, 11) is 0. The molecule has 0 aromatic heterocycles. The van der Waals surface area contributed by atoms with E-state index in [2.05, 4.69) is 0 Å². The number of hydrogen-bond acceptors (Lipinski definition) is 3. The van der Waals surface area contributed by atoms with Gasteiger partial charge in [0.05, 0.1) is 5.02 Å². The van der Waals surface area contributed by atoms with Gasteiger partial charge in [-0.25, -0.2) is 0 Å². The van der Waals surface area contributed by atoms with E-state index in [4.69, 9.17) is 17.3 Å². The van der Waals surface area contributed by atoms with Gasteiger partial charge in [-0.05, 0) is 37.5 Å². The number of carbonyl (C=O) groups excluding carboxylic acids is 2. The Morgan fingerprint density at radius 1 is 1.47 bits per heavy atom. The largest absolute Gasteiger partial charge is 0.506 e. The van der Waals surface area contributed by atoms with Gasteiger partial charge in [0.1, 0.15) is 11.8 Å². The Bertz CT molecular complexity index is 545. The fourth-order valence-electron chi connectivity index (χ4n) is 2.36. The van der Waals surface area contributed by atoms with Crippen molar-refractivity contribution in [1.29, 1.82) is 0 Å². The lowest BCUT2D eigenvalue weighted by Crippen LogP contribution is -2.43. The molecule has 2 rings (SSSR count). The molecule has 1 aliphatic heterocycles. The average Bonchev–Trinajstić information content (AvgIpc) is 2.82. The van der Waals surface area contributed by atoms with Gasteiger partial charge in [-0.3, -0.25) is 9.59 Å². The minimum absolute atomic E-state index is 0.0661. The molecule has 102 valence electrons. The molecule has 2 amide bonds. The molecule has 5 nitrogen and oxygen atoms in total. The standard InChI is InChI=1S/C13H15ClN2O3/c1-7-5-11(17)9(14)6-8(7)13(19)16-4-2-3-10(16)12(15)18/h5-6,10,17H,2-4H2,1H3,(H2,15,18). The van der Waals surface area contributed by atoms with Crippen LogP contribution in [0.3, 0.4) is 0 Å². The molecular formula is C13H15ClN2O3. The number of halogens is 1. The van der Waals surface area contributed by atoms with Crippen LogP contribution in [-0.4, -0.2) is 34.4 Å². The van der Waals surface area contributed by atoms with Gasteiger partial charge in [0.15, 0.2) is 0 Å². The fourth-order valence-corrected chi connectivity index (χ4v) is 2.52. The number of nitrogens with two attached hydrogens (primary N) is 1.